The molecule has 402 valence electrons. The first-order valence-corrected chi connectivity index (χ1v) is 29.6. The second kappa shape index (κ2) is 58.2. The standard InChI is InChI=1S/C64H110O6/c1-4-7-10-13-16-18-20-22-24-26-28-30-32-34-36-38-40-42-44-46-48-51-54-57-63(66)69-60-61(59-68-62(65)56-53-50-15-12-9-6-3)70-64(67)58-55-52-49-47-45-43-41-39-37-35-33-31-29-27-25-23-21-19-17-14-11-8-5-2/h7,10,16,18,21-24,27-30,34,36,61H,4-6,8-9,11-15,17,19-20,25-26,31-33,35,37-60H2,1-3H3/b10-7-,18-16-,23-21-,24-22-,29-27-,30-28-,36-34-. The van der Waals surface area contributed by atoms with Crippen LogP contribution in [0.25, 0.3) is 0 Å². The van der Waals surface area contributed by atoms with Crippen LogP contribution in [0.1, 0.15) is 284 Å². The van der Waals surface area contributed by atoms with Gasteiger partial charge in [0.25, 0.3) is 0 Å². The third-order valence-electron chi connectivity index (χ3n) is 12.6. The Balaban J connectivity index is 4.17. The highest BCUT2D eigenvalue weighted by Gasteiger charge is 2.19. The summed E-state index contributed by atoms with van der Waals surface area (Å²) in [6.07, 6.45) is 76.1. The average molecular weight is 976 g/mol. The third-order valence-corrected chi connectivity index (χ3v) is 12.6. The van der Waals surface area contributed by atoms with Gasteiger partial charge in [-0.15, -0.1) is 0 Å². The number of rotatable bonds is 53. The molecule has 0 saturated heterocycles. The van der Waals surface area contributed by atoms with E-state index < -0.39 is 6.10 Å². The van der Waals surface area contributed by atoms with Crippen molar-refractivity contribution in [3.8, 4) is 0 Å². The molecule has 0 radical (unpaired) electrons. The minimum absolute atomic E-state index is 0.0803. The molecule has 0 saturated carbocycles. The third kappa shape index (κ3) is 55.5. The van der Waals surface area contributed by atoms with Crippen LogP contribution in [0.2, 0.25) is 0 Å². The molecule has 0 N–H and O–H groups in total. The number of allylic oxidation sites excluding steroid dienone is 14. The second-order valence-corrected chi connectivity index (χ2v) is 19.5. The first kappa shape index (κ1) is 66.6. The number of esters is 3. The van der Waals surface area contributed by atoms with Gasteiger partial charge in [0.1, 0.15) is 13.2 Å². The monoisotopic (exact) mass is 975 g/mol. The van der Waals surface area contributed by atoms with Crippen LogP contribution in [-0.2, 0) is 28.6 Å². The predicted molar refractivity (Wildman–Crippen MR) is 302 cm³/mol. The van der Waals surface area contributed by atoms with E-state index in [2.05, 4.69) is 106 Å². The van der Waals surface area contributed by atoms with E-state index >= 15 is 0 Å². The van der Waals surface area contributed by atoms with Gasteiger partial charge in [0.2, 0.25) is 0 Å². The van der Waals surface area contributed by atoms with Crippen LogP contribution in [-0.4, -0.2) is 37.2 Å². The topological polar surface area (TPSA) is 78.9 Å². The maximum Gasteiger partial charge on any atom is 0.306 e. The van der Waals surface area contributed by atoms with Gasteiger partial charge >= 0.3 is 17.9 Å². The van der Waals surface area contributed by atoms with Gasteiger partial charge in [0, 0.05) is 19.3 Å². The number of unbranched alkanes of at least 4 members (excludes halogenated alkanes) is 28. The van der Waals surface area contributed by atoms with E-state index in [-0.39, 0.29) is 31.1 Å². The molecule has 0 aliphatic rings. The summed E-state index contributed by atoms with van der Waals surface area (Å²) in [4.78, 5) is 37.9. The molecular formula is C64H110O6. The van der Waals surface area contributed by atoms with Crippen LogP contribution >= 0.6 is 0 Å². The lowest BCUT2D eigenvalue weighted by Crippen LogP contribution is -2.30. The molecule has 6 nitrogen and oxygen atoms in total. The smallest absolute Gasteiger partial charge is 0.306 e. The fourth-order valence-electron chi connectivity index (χ4n) is 8.21. The molecule has 0 spiro atoms. The maximum atomic E-state index is 12.8. The van der Waals surface area contributed by atoms with Gasteiger partial charge in [-0.05, 0) is 96.3 Å². The van der Waals surface area contributed by atoms with Gasteiger partial charge in [-0.3, -0.25) is 14.4 Å². The summed E-state index contributed by atoms with van der Waals surface area (Å²) in [5, 5.41) is 0. The fourth-order valence-corrected chi connectivity index (χ4v) is 8.21. The summed E-state index contributed by atoms with van der Waals surface area (Å²) in [5.41, 5.74) is 0. The van der Waals surface area contributed by atoms with Gasteiger partial charge < -0.3 is 14.2 Å². The molecule has 0 heterocycles. The lowest BCUT2D eigenvalue weighted by Gasteiger charge is -2.18. The Hall–Kier alpha value is -3.41. The summed E-state index contributed by atoms with van der Waals surface area (Å²) < 4.78 is 16.8. The highest BCUT2D eigenvalue weighted by atomic mass is 16.6. The molecule has 0 aliphatic heterocycles. The van der Waals surface area contributed by atoms with E-state index in [1.54, 1.807) is 0 Å². The zero-order valence-electron chi connectivity index (χ0n) is 46.0. The lowest BCUT2D eigenvalue weighted by molar-refractivity contribution is -0.167. The van der Waals surface area contributed by atoms with E-state index in [1.807, 2.05) is 0 Å². The van der Waals surface area contributed by atoms with Crippen LogP contribution in [0.15, 0.2) is 85.1 Å². The highest BCUT2D eigenvalue weighted by molar-refractivity contribution is 5.71. The average Bonchev–Trinajstić information content (AvgIpc) is 3.36. The van der Waals surface area contributed by atoms with Crippen LogP contribution < -0.4 is 0 Å². The second-order valence-electron chi connectivity index (χ2n) is 19.5. The maximum absolute atomic E-state index is 12.8. The Morgan fingerprint density at radius 2 is 0.557 bits per heavy atom. The van der Waals surface area contributed by atoms with Crippen molar-refractivity contribution >= 4 is 17.9 Å². The molecule has 0 aromatic rings. The number of carbonyl (C=O) groups is 3. The zero-order chi connectivity index (χ0) is 50.7. The van der Waals surface area contributed by atoms with E-state index in [0.29, 0.717) is 19.3 Å². The molecule has 0 aliphatic carbocycles. The van der Waals surface area contributed by atoms with E-state index in [9.17, 15) is 14.4 Å². The molecule has 0 aromatic heterocycles. The van der Waals surface area contributed by atoms with Crippen molar-refractivity contribution in [2.75, 3.05) is 13.2 Å². The minimum atomic E-state index is -0.780. The number of carbonyl (C=O) groups excluding carboxylic acids is 3. The van der Waals surface area contributed by atoms with Crippen molar-refractivity contribution in [3.05, 3.63) is 85.1 Å². The molecule has 1 unspecified atom stereocenters. The molecule has 0 amide bonds. The van der Waals surface area contributed by atoms with Crippen molar-refractivity contribution in [2.45, 2.75) is 290 Å². The number of ether oxygens (including phenoxy) is 3. The highest BCUT2D eigenvalue weighted by Crippen LogP contribution is 2.15. The molecule has 0 aromatic carbocycles. The van der Waals surface area contributed by atoms with Crippen LogP contribution in [0.5, 0.6) is 0 Å². The van der Waals surface area contributed by atoms with E-state index in [4.69, 9.17) is 14.2 Å². The summed E-state index contributed by atoms with van der Waals surface area (Å²) in [5.74, 6) is -0.897. The molecule has 6 heteroatoms. The van der Waals surface area contributed by atoms with Crippen molar-refractivity contribution in [1.82, 2.24) is 0 Å². The molecule has 0 fully saturated rings. The fraction of sp³-hybridized carbons (Fsp3) is 0.734. The summed E-state index contributed by atoms with van der Waals surface area (Å²) in [6, 6.07) is 0. The lowest BCUT2D eigenvalue weighted by atomic mass is 10.0. The largest absolute Gasteiger partial charge is 0.462 e. The van der Waals surface area contributed by atoms with Crippen LogP contribution in [0.4, 0.5) is 0 Å². The summed E-state index contributed by atoms with van der Waals surface area (Å²) >= 11 is 0. The van der Waals surface area contributed by atoms with Gasteiger partial charge in [-0.1, -0.05) is 254 Å². The molecule has 1 atom stereocenters. The minimum Gasteiger partial charge on any atom is -0.462 e. The van der Waals surface area contributed by atoms with Gasteiger partial charge in [0.05, 0.1) is 0 Å². The summed E-state index contributed by atoms with van der Waals surface area (Å²) in [7, 11) is 0. The van der Waals surface area contributed by atoms with Crippen LogP contribution in [0, 0.1) is 0 Å². The van der Waals surface area contributed by atoms with Crippen molar-refractivity contribution in [2.24, 2.45) is 0 Å². The first-order chi connectivity index (χ1) is 34.5. The molecular weight excluding hydrogens is 865 g/mol. The Labute approximate surface area is 433 Å². The zero-order valence-corrected chi connectivity index (χ0v) is 46.0. The van der Waals surface area contributed by atoms with E-state index in [0.717, 1.165) is 103 Å². The van der Waals surface area contributed by atoms with Crippen LogP contribution in [0.3, 0.4) is 0 Å². The number of hydrogen-bond donors (Lipinski definition) is 0. The first-order valence-electron chi connectivity index (χ1n) is 29.6. The summed E-state index contributed by atoms with van der Waals surface area (Å²) in [6.45, 7) is 6.46. The quantitative estimate of drug-likeness (QED) is 0.0261. The number of hydrogen-bond acceptors (Lipinski definition) is 6. The molecule has 0 bridgehead atoms. The Morgan fingerprint density at radius 1 is 0.300 bits per heavy atom. The molecule has 70 heavy (non-hydrogen) atoms. The van der Waals surface area contributed by atoms with Gasteiger partial charge in [-0.25, -0.2) is 0 Å². The Morgan fingerprint density at radius 3 is 0.871 bits per heavy atom. The Bertz CT molecular complexity index is 1350. The molecule has 0 rings (SSSR count). The van der Waals surface area contributed by atoms with Crippen molar-refractivity contribution < 1.29 is 28.6 Å². The van der Waals surface area contributed by atoms with Gasteiger partial charge in [-0.2, -0.15) is 0 Å². The van der Waals surface area contributed by atoms with E-state index in [1.165, 1.54) is 141 Å². The SMILES string of the molecule is CC/C=C\C/C=C\C/C=C\C/C=C\C/C=C\CCCCCCCCCC(=O)OCC(COC(=O)CCCCCCCC)OC(=O)CCCCCCCCCCCCC/C=C\C/C=C\CCCCCCC. The van der Waals surface area contributed by atoms with Crippen molar-refractivity contribution in [3.63, 3.8) is 0 Å². The van der Waals surface area contributed by atoms with Crippen molar-refractivity contribution in [1.29, 1.82) is 0 Å². The normalized spacial score (nSPS) is 12.7. The van der Waals surface area contributed by atoms with Gasteiger partial charge in [0.15, 0.2) is 6.10 Å². The Kier molecular flexibility index (Phi) is 55.3. The predicted octanol–water partition coefficient (Wildman–Crippen LogP) is 19.9.